The normalized spacial score (nSPS) is 13.4. The number of carboxylic acid groups (broad SMARTS) is 1. The first-order valence-corrected chi connectivity index (χ1v) is 11.3. The van der Waals surface area contributed by atoms with Crippen LogP contribution in [-0.2, 0) is 14.9 Å². The van der Waals surface area contributed by atoms with E-state index in [9.17, 15) is 13.2 Å². The third-order valence-corrected chi connectivity index (χ3v) is 5.20. The van der Waals surface area contributed by atoms with Crippen molar-refractivity contribution in [2.45, 2.75) is 90.4 Å². The van der Waals surface area contributed by atoms with E-state index in [1.165, 1.54) is 6.42 Å². The summed E-state index contributed by atoms with van der Waals surface area (Å²) in [4.78, 5) is 10.4. The molecule has 6 heteroatoms. The van der Waals surface area contributed by atoms with Crippen LogP contribution in [0.1, 0.15) is 90.4 Å². The Labute approximate surface area is 153 Å². The maximum Gasteiger partial charge on any atom is 0.303 e. The van der Waals surface area contributed by atoms with Gasteiger partial charge in [0.25, 0.3) is 10.1 Å². The fraction of sp³-hybridized carbons (Fsp3) is 0.842. The molecule has 1 atom stereocenters. The van der Waals surface area contributed by atoms with Crippen molar-refractivity contribution in [3.05, 3.63) is 12.2 Å². The lowest BCUT2D eigenvalue weighted by Crippen LogP contribution is -2.15. The molecule has 0 heterocycles. The molecule has 25 heavy (non-hydrogen) atoms. The molecule has 0 saturated heterocycles. The van der Waals surface area contributed by atoms with E-state index in [1.54, 1.807) is 0 Å². The summed E-state index contributed by atoms with van der Waals surface area (Å²) in [6, 6.07) is 0. The van der Waals surface area contributed by atoms with Crippen LogP contribution in [0.5, 0.6) is 0 Å². The van der Waals surface area contributed by atoms with E-state index in [2.05, 4.69) is 13.0 Å². The summed E-state index contributed by atoms with van der Waals surface area (Å²) in [5.74, 6) is -0.872. The van der Waals surface area contributed by atoms with Gasteiger partial charge in [-0.25, -0.2) is 0 Å². The summed E-state index contributed by atoms with van der Waals surface area (Å²) in [6.45, 7) is 2.14. The van der Waals surface area contributed by atoms with Gasteiger partial charge in [0.2, 0.25) is 0 Å². The second-order valence-corrected chi connectivity index (χ2v) is 8.37. The minimum absolute atomic E-state index is 0.000810. The molecule has 5 nitrogen and oxygen atoms in total. The number of allylic oxidation sites excluding steroid dienone is 2. The average molecular weight is 377 g/mol. The maximum atomic E-state index is 11.1. The number of carbonyl (C=O) groups is 1. The van der Waals surface area contributed by atoms with Crippen LogP contribution in [0.3, 0.4) is 0 Å². The van der Waals surface area contributed by atoms with E-state index in [0.29, 0.717) is 6.42 Å². The third kappa shape index (κ3) is 19.3. The molecule has 0 rings (SSSR count). The Morgan fingerprint density at radius 1 is 0.960 bits per heavy atom. The first kappa shape index (κ1) is 24.1. The zero-order chi connectivity index (χ0) is 19.0. The van der Waals surface area contributed by atoms with E-state index >= 15 is 0 Å². The Kier molecular flexibility index (Phi) is 14.8. The highest BCUT2D eigenvalue weighted by Crippen LogP contribution is 2.17. The first-order chi connectivity index (χ1) is 11.8. The lowest BCUT2D eigenvalue weighted by atomic mass is 9.98. The predicted octanol–water partition coefficient (Wildman–Crippen LogP) is 5.22. The first-order valence-electron chi connectivity index (χ1n) is 9.67. The standard InChI is InChI=1S/C19H36O5S/c1-2-3-4-11-14-18(17-25(22,23)24)15-12-9-7-5-6-8-10-13-16-19(20)21/h9,12,18H,2-8,10-11,13-17H2,1H3,(H,20,21)(H,22,23,24)/b12-9-. The van der Waals surface area contributed by atoms with Gasteiger partial charge in [-0.1, -0.05) is 64.0 Å². The molecular weight excluding hydrogens is 340 g/mol. The molecule has 0 fully saturated rings. The molecule has 0 saturated carbocycles. The number of unbranched alkanes of at least 4 members (excludes halogenated alkanes) is 8. The van der Waals surface area contributed by atoms with Crippen molar-refractivity contribution in [3.8, 4) is 0 Å². The fourth-order valence-electron chi connectivity index (χ4n) is 2.90. The minimum atomic E-state index is -3.91. The van der Waals surface area contributed by atoms with E-state index < -0.39 is 16.1 Å². The van der Waals surface area contributed by atoms with Crippen LogP contribution in [0.4, 0.5) is 0 Å². The van der Waals surface area contributed by atoms with Gasteiger partial charge < -0.3 is 5.11 Å². The van der Waals surface area contributed by atoms with Crippen molar-refractivity contribution in [1.29, 1.82) is 0 Å². The zero-order valence-electron chi connectivity index (χ0n) is 15.7. The van der Waals surface area contributed by atoms with Crippen molar-refractivity contribution < 1.29 is 22.9 Å². The summed E-state index contributed by atoms with van der Waals surface area (Å²) in [7, 11) is -3.91. The highest BCUT2D eigenvalue weighted by Gasteiger charge is 2.15. The third-order valence-electron chi connectivity index (χ3n) is 4.31. The van der Waals surface area contributed by atoms with E-state index in [1.807, 2.05) is 6.08 Å². The number of hydrogen-bond donors (Lipinski definition) is 2. The predicted molar refractivity (Wildman–Crippen MR) is 102 cm³/mol. The lowest BCUT2D eigenvalue weighted by Gasteiger charge is -2.13. The molecule has 0 spiro atoms. The SMILES string of the molecule is CCCCCCC(C/C=C\CCCCCCCC(=O)O)CS(=O)(=O)O. The van der Waals surface area contributed by atoms with Crippen LogP contribution < -0.4 is 0 Å². The van der Waals surface area contributed by atoms with Gasteiger partial charge in [-0.2, -0.15) is 8.42 Å². The smallest absolute Gasteiger partial charge is 0.303 e. The molecule has 0 aromatic carbocycles. The Hall–Kier alpha value is -0.880. The summed E-state index contributed by atoms with van der Waals surface area (Å²) in [5.41, 5.74) is 0. The Morgan fingerprint density at radius 2 is 1.60 bits per heavy atom. The fourth-order valence-corrected chi connectivity index (χ4v) is 3.80. The van der Waals surface area contributed by atoms with Crippen LogP contribution in [0.2, 0.25) is 0 Å². The van der Waals surface area contributed by atoms with Gasteiger partial charge in [0.15, 0.2) is 0 Å². The van der Waals surface area contributed by atoms with Crippen LogP contribution in [0, 0.1) is 5.92 Å². The topological polar surface area (TPSA) is 91.7 Å². The van der Waals surface area contributed by atoms with Gasteiger partial charge in [-0.3, -0.25) is 9.35 Å². The largest absolute Gasteiger partial charge is 0.481 e. The van der Waals surface area contributed by atoms with Crippen molar-refractivity contribution in [1.82, 2.24) is 0 Å². The summed E-state index contributed by atoms with van der Waals surface area (Å²) >= 11 is 0. The lowest BCUT2D eigenvalue weighted by molar-refractivity contribution is -0.137. The molecule has 2 N–H and O–H groups in total. The Morgan fingerprint density at radius 3 is 2.24 bits per heavy atom. The number of rotatable bonds is 17. The van der Waals surface area contributed by atoms with Gasteiger partial charge in [0, 0.05) is 6.42 Å². The quantitative estimate of drug-likeness (QED) is 0.206. The minimum Gasteiger partial charge on any atom is -0.481 e. The number of aliphatic carboxylic acids is 1. The molecule has 0 aliphatic heterocycles. The second kappa shape index (κ2) is 15.4. The Balaban J connectivity index is 3.86. The monoisotopic (exact) mass is 376 g/mol. The molecule has 0 amide bonds. The molecule has 0 aromatic heterocycles. The molecule has 0 aliphatic rings. The maximum absolute atomic E-state index is 11.1. The van der Waals surface area contributed by atoms with Crippen LogP contribution in [0.25, 0.3) is 0 Å². The van der Waals surface area contributed by atoms with Gasteiger partial charge in [0.05, 0.1) is 5.75 Å². The van der Waals surface area contributed by atoms with E-state index in [4.69, 9.17) is 9.66 Å². The second-order valence-electron chi connectivity index (χ2n) is 6.87. The Bertz CT molecular complexity index is 456. The zero-order valence-corrected chi connectivity index (χ0v) is 16.5. The molecular formula is C19H36O5S. The van der Waals surface area contributed by atoms with Crippen LogP contribution in [0.15, 0.2) is 12.2 Å². The van der Waals surface area contributed by atoms with Crippen molar-refractivity contribution in [2.75, 3.05) is 5.75 Å². The molecule has 1 unspecified atom stereocenters. The summed E-state index contributed by atoms with van der Waals surface area (Å²) in [5, 5.41) is 8.55. The molecule has 0 aliphatic carbocycles. The highest BCUT2D eigenvalue weighted by molar-refractivity contribution is 7.85. The molecule has 0 radical (unpaired) electrons. The number of hydrogen-bond acceptors (Lipinski definition) is 3. The van der Waals surface area contributed by atoms with E-state index in [-0.39, 0.29) is 18.1 Å². The molecule has 0 aromatic rings. The summed E-state index contributed by atoms with van der Waals surface area (Å²) < 4.78 is 31.3. The van der Waals surface area contributed by atoms with Crippen molar-refractivity contribution >= 4 is 16.1 Å². The van der Waals surface area contributed by atoms with Gasteiger partial charge >= 0.3 is 5.97 Å². The summed E-state index contributed by atoms with van der Waals surface area (Å²) in [6.07, 6.45) is 16.3. The number of carboxylic acids is 1. The van der Waals surface area contributed by atoms with Crippen LogP contribution in [-0.4, -0.2) is 29.8 Å². The van der Waals surface area contributed by atoms with E-state index in [0.717, 1.165) is 64.2 Å². The van der Waals surface area contributed by atoms with Crippen LogP contribution >= 0.6 is 0 Å². The average Bonchev–Trinajstić information content (AvgIpc) is 2.51. The van der Waals surface area contributed by atoms with Gasteiger partial charge in [-0.05, 0) is 38.0 Å². The van der Waals surface area contributed by atoms with Crippen molar-refractivity contribution in [3.63, 3.8) is 0 Å². The van der Waals surface area contributed by atoms with Gasteiger partial charge in [0.1, 0.15) is 0 Å². The highest BCUT2D eigenvalue weighted by atomic mass is 32.2. The van der Waals surface area contributed by atoms with Crippen molar-refractivity contribution in [2.24, 2.45) is 5.92 Å². The molecule has 0 bridgehead atoms. The van der Waals surface area contributed by atoms with Gasteiger partial charge in [-0.15, -0.1) is 0 Å². The molecule has 148 valence electrons.